The van der Waals surface area contributed by atoms with Crippen LogP contribution in [0.5, 0.6) is 5.75 Å². The van der Waals surface area contributed by atoms with Crippen LogP contribution in [-0.4, -0.2) is 58.3 Å². The highest BCUT2D eigenvalue weighted by Gasteiger charge is 2.25. The molecular formula is C14H21N3O4. The molecule has 7 heteroatoms. The van der Waals surface area contributed by atoms with Gasteiger partial charge in [-0.05, 0) is 26.2 Å². The maximum Gasteiger partial charge on any atom is 0.407 e. The Labute approximate surface area is 123 Å². The standard InChI is InChI=1S/C14H21N3O4/c1-10-13(8-17(15-10)11-3-2-4-11)21-9-12-7-16(14(18)19)5-6-20-12/h8,11-12H,2-7,9H2,1H3,(H,18,19)/t12-/m0/s1. The molecule has 2 heterocycles. The highest BCUT2D eigenvalue weighted by molar-refractivity contribution is 5.65. The van der Waals surface area contributed by atoms with E-state index in [1.165, 1.54) is 24.2 Å². The molecule has 1 aromatic rings. The van der Waals surface area contributed by atoms with Gasteiger partial charge in [0, 0.05) is 6.54 Å². The van der Waals surface area contributed by atoms with Crippen LogP contribution in [0.3, 0.4) is 0 Å². The first-order valence-electron chi connectivity index (χ1n) is 7.41. The number of nitrogens with zero attached hydrogens (tertiary/aromatic N) is 3. The summed E-state index contributed by atoms with van der Waals surface area (Å²) in [5.74, 6) is 0.762. The predicted octanol–water partition coefficient (Wildman–Crippen LogP) is 1.67. The predicted molar refractivity (Wildman–Crippen MR) is 74.7 cm³/mol. The van der Waals surface area contributed by atoms with Gasteiger partial charge < -0.3 is 19.5 Å². The third-order valence-electron chi connectivity index (χ3n) is 4.15. The molecule has 0 bridgehead atoms. The van der Waals surface area contributed by atoms with E-state index in [1.54, 1.807) is 0 Å². The SMILES string of the molecule is Cc1nn(C2CCC2)cc1OC[C@@H]1CN(C(=O)O)CCO1. The molecule has 3 rings (SSSR count). The molecule has 1 saturated carbocycles. The van der Waals surface area contributed by atoms with Gasteiger partial charge in [-0.15, -0.1) is 0 Å². The zero-order valence-corrected chi connectivity index (χ0v) is 12.2. The van der Waals surface area contributed by atoms with E-state index in [1.807, 2.05) is 17.8 Å². The highest BCUT2D eigenvalue weighted by atomic mass is 16.5. The molecule has 2 fully saturated rings. The number of hydrogen-bond acceptors (Lipinski definition) is 4. The van der Waals surface area contributed by atoms with Crippen molar-refractivity contribution >= 4 is 6.09 Å². The molecular weight excluding hydrogens is 274 g/mol. The zero-order chi connectivity index (χ0) is 14.8. The number of amides is 1. The minimum atomic E-state index is -0.905. The fraction of sp³-hybridized carbons (Fsp3) is 0.714. The number of ether oxygens (including phenoxy) is 2. The third-order valence-corrected chi connectivity index (χ3v) is 4.15. The maximum absolute atomic E-state index is 11.0. The van der Waals surface area contributed by atoms with Gasteiger partial charge in [0.05, 0.1) is 25.4 Å². The van der Waals surface area contributed by atoms with Crippen LogP contribution >= 0.6 is 0 Å². The minimum absolute atomic E-state index is 0.221. The average molecular weight is 295 g/mol. The second-order valence-corrected chi connectivity index (χ2v) is 5.68. The second kappa shape index (κ2) is 5.93. The average Bonchev–Trinajstić information content (AvgIpc) is 2.75. The first-order valence-corrected chi connectivity index (χ1v) is 7.41. The van der Waals surface area contributed by atoms with Crippen LogP contribution in [0.25, 0.3) is 0 Å². The van der Waals surface area contributed by atoms with Gasteiger partial charge in [-0.1, -0.05) is 0 Å². The van der Waals surface area contributed by atoms with E-state index in [9.17, 15) is 4.79 Å². The molecule has 7 nitrogen and oxygen atoms in total. The van der Waals surface area contributed by atoms with Crippen LogP contribution in [-0.2, 0) is 4.74 Å². The summed E-state index contributed by atoms with van der Waals surface area (Å²) in [6, 6.07) is 0.509. The molecule has 1 amide bonds. The van der Waals surface area contributed by atoms with Gasteiger partial charge in [0.15, 0.2) is 5.75 Å². The first-order chi connectivity index (χ1) is 10.1. The summed E-state index contributed by atoms with van der Waals surface area (Å²) in [5, 5.41) is 13.5. The van der Waals surface area contributed by atoms with Crippen LogP contribution in [0.2, 0.25) is 0 Å². The van der Waals surface area contributed by atoms with Crippen molar-refractivity contribution in [1.29, 1.82) is 0 Å². The molecule has 0 spiro atoms. The number of aryl methyl sites for hydroxylation is 1. The lowest BCUT2D eigenvalue weighted by molar-refractivity contribution is -0.0413. The van der Waals surface area contributed by atoms with Crippen molar-refractivity contribution in [3.63, 3.8) is 0 Å². The van der Waals surface area contributed by atoms with E-state index in [4.69, 9.17) is 14.6 Å². The van der Waals surface area contributed by atoms with E-state index in [0.29, 0.717) is 32.3 Å². The summed E-state index contributed by atoms with van der Waals surface area (Å²) >= 11 is 0. The lowest BCUT2D eigenvalue weighted by Gasteiger charge is -2.30. The maximum atomic E-state index is 11.0. The van der Waals surface area contributed by atoms with Gasteiger partial charge in [0.2, 0.25) is 0 Å². The van der Waals surface area contributed by atoms with E-state index < -0.39 is 6.09 Å². The third kappa shape index (κ3) is 3.12. The van der Waals surface area contributed by atoms with Crippen molar-refractivity contribution in [2.75, 3.05) is 26.3 Å². The van der Waals surface area contributed by atoms with Gasteiger partial charge in [-0.3, -0.25) is 4.68 Å². The second-order valence-electron chi connectivity index (χ2n) is 5.68. The van der Waals surface area contributed by atoms with E-state index in [0.717, 1.165) is 11.4 Å². The summed E-state index contributed by atoms with van der Waals surface area (Å²) in [6.45, 7) is 3.47. The summed E-state index contributed by atoms with van der Waals surface area (Å²) in [7, 11) is 0. The Bertz CT molecular complexity index is 512. The molecule has 1 aromatic heterocycles. The van der Waals surface area contributed by atoms with E-state index in [2.05, 4.69) is 5.10 Å². The number of morpholine rings is 1. The molecule has 21 heavy (non-hydrogen) atoms. The van der Waals surface area contributed by atoms with Crippen LogP contribution in [0.15, 0.2) is 6.20 Å². The van der Waals surface area contributed by atoms with Crippen molar-refractivity contribution in [1.82, 2.24) is 14.7 Å². The number of hydrogen-bond donors (Lipinski definition) is 1. The molecule has 1 aliphatic heterocycles. The topological polar surface area (TPSA) is 76.8 Å². The molecule has 1 N–H and O–H groups in total. The number of carboxylic acid groups (broad SMARTS) is 1. The Morgan fingerprint density at radius 3 is 3.05 bits per heavy atom. The largest absolute Gasteiger partial charge is 0.487 e. The Kier molecular flexibility index (Phi) is 4.01. The van der Waals surface area contributed by atoms with Crippen molar-refractivity contribution in [2.45, 2.75) is 38.3 Å². The fourth-order valence-corrected chi connectivity index (χ4v) is 2.62. The Morgan fingerprint density at radius 2 is 2.38 bits per heavy atom. The molecule has 0 radical (unpaired) electrons. The van der Waals surface area contributed by atoms with Crippen molar-refractivity contribution in [3.8, 4) is 5.75 Å². The monoisotopic (exact) mass is 295 g/mol. The normalized spacial score (nSPS) is 22.9. The lowest BCUT2D eigenvalue weighted by atomic mass is 9.93. The highest BCUT2D eigenvalue weighted by Crippen LogP contribution is 2.32. The van der Waals surface area contributed by atoms with Gasteiger partial charge in [-0.2, -0.15) is 5.10 Å². The molecule has 116 valence electrons. The Morgan fingerprint density at radius 1 is 1.57 bits per heavy atom. The summed E-state index contributed by atoms with van der Waals surface area (Å²) < 4.78 is 13.3. The molecule has 1 saturated heterocycles. The van der Waals surface area contributed by atoms with Crippen molar-refractivity contribution in [2.24, 2.45) is 0 Å². The van der Waals surface area contributed by atoms with Crippen molar-refractivity contribution < 1.29 is 19.4 Å². The van der Waals surface area contributed by atoms with Gasteiger partial charge >= 0.3 is 6.09 Å². The van der Waals surface area contributed by atoms with Gasteiger partial charge in [0.25, 0.3) is 0 Å². The molecule has 0 unspecified atom stereocenters. The smallest absolute Gasteiger partial charge is 0.407 e. The van der Waals surface area contributed by atoms with Crippen LogP contribution in [0.1, 0.15) is 31.0 Å². The van der Waals surface area contributed by atoms with Crippen LogP contribution in [0, 0.1) is 6.92 Å². The molecule has 1 atom stereocenters. The number of aromatic nitrogens is 2. The van der Waals surface area contributed by atoms with Crippen LogP contribution in [0.4, 0.5) is 4.79 Å². The molecule has 0 aromatic carbocycles. The Balaban J connectivity index is 1.54. The quantitative estimate of drug-likeness (QED) is 0.914. The van der Waals surface area contributed by atoms with Crippen molar-refractivity contribution in [3.05, 3.63) is 11.9 Å². The molecule has 2 aliphatic rings. The van der Waals surface area contributed by atoms with Gasteiger partial charge in [-0.25, -0.2) is 4.79 Å². The zero-order valence-electron chi connectivity index (χ0n) is 12.2. The number of rotatable bonds is 4. The Hall–Kier alpha value is -1.76. The number of carbonyl (C=O) groups is 1. The molecule has 1 aliphatic carbocycles. The minimum Gasteiger partial charge on any atom is -0.487 e. The van der Waals surface area contributed by atoms with Gasteiger partial charge in [0.1, 0.15) is 18.4 Å². The summed E-state index contributed by atoms with van der Waals surface area (Å²) in [4.78, 5) is 12.3. The summed E-state index contributed by atoms with van der Waals surface area (Å²) in [6.07, 6.45) is 4.44. The summed E-state index contributed by atoms with van der Waals surface area (Å²) in [5.41, 5.74) is 0.868. The first kappa shape index (κ1) is 14.2. The lowest BCUT2D eigenvalue weighted by Crippen LogP contribution is -2.47. The van der Waals surface area contributed by atoms with Crippen LogP contribution < -0.4 is 4.74 Å². The van der Waals surface area contributed by atoms with E-state index in [-0.39, 0.29) is 6.10 Å². The fourth-order valence-electron chi connectivity index (χ4n) is 2.62. The van der Waals surface area contributed by atoms with E-state index >= 15 is 0 Å².